The summed E-state index contributed by atoms with van der Waals surface area (Å²) in [6.45, 7) is 21.2. The first-order valence-corrected chi connectivity index (χ1v) is 12.8. The highest BCUT2D eigenvalue weighted by atomic mass is 14.1. The summed E-state index contributed by atoms with van der Waals surface area (Å²) < 4.78 is 0. The van der Waals surface area contributed by atoms with Crippen LogP contribution in [0.25, 0.3) is 11.1 Å². The van der Waals surface area contributed by atoms with Gasteiger partial charge in [-0.25, -0.2) is 0 Å². The topological polar surface area (TPSA) is 0 Å². The van der Waals surface area contributed by atoms with E-state index < -0.39 is 0 Å². The molecule has 0 bridgehead atoms. The molecule has 0 fully saturated rings. The van der Waals surface area contributed by atoms with Crippen LogP contribution in [0.1, 0.15) is 87.5 Å². The highest BCUT2D eigenvalue weighted by Crippen LogP contribution is 2.28. The lowest BCUT2D eigenvalue weighted by Gasteiger charge is -2.15. The van der Waals surface area contributed by atoms with Crippen LogP contribution in [0.3, 0.4) is 0 Å². The van der Waals surface area contributed by atoms with Crippen LogP contribution in [-0.2, 0) is 12.8 Å². The van der Waals surface area contributed by atoms with E-state index in [4.69, 9.17) is 0 Å². The monoisotopic (exact) mass is 440 g/mol. The Morgan fingerprint density at radius 3 is 2.24 bits per heavy atom. The number of allylic oxidation sites excluding steroid dienone is 4. The molecule has 0 aliphatic rings. The minimum Gasteiger partial charge on any atom is -0.0988 e. The fourth-order valence-corrected chi connectivity index (χ4v) is 4.15. The van der Waals surface area contributed by atoms with E-state index in [2.05, 4.69) is 88.7 Å². The quantitative estimate of drug-likeness (QED) is 0.180. The van der Waals surface area contributed by atoms with Gasteiger partial charge in [0, 0.05) is 0 Å². The van der Waals surface area contributed by atoms with Gasteiger partial charge in [-0.2, -0.15) is 0 Å². The van der Waals surface area contributed by atoms with Crippen LogP contribution in [0.15, 0.2) is 86.5 Å². The van der Waals surface area contributed by atoms with Gasteiger partial charge in [0.2, 0.25) is 0 Å². The van der Waals surface area contributed by atoms with Gasteiger partial charge < -0.3 is 0 Å². The molecule has 2 aromatic rings. The Morgan fingerprint density at radius 1 is 0.848 bits per heavy atom. The summed E-state index contributed by atoms with van der Waals surface area (Å²) in [6, 6.07) is 17.7. The summed E-state index contributed by atoms with van der Waals surface area (Å²) >= 11 is 0. The molecule has 2 aromatic carbocycles. The van der Waals surface area contributed by atoms with Crippen LogP contribution < -0.4 is 0 Å². The molecule has 1 atom stereocenters. The van der Waals surface area contributed by atoms with Gasteiger partial charge >= 0.3 is 0 Å². The van der Waals surface area contributed by atoms with Crippen molar-refractivity contribution in [2.75, 3.05) is 0 Å². The Balaban J connectivity index is 1.86. The second kappa shape index (κ2) is 14.5. The van der Waals surface area contributed by atoms with Gasteiger partial charge in [0.05, 0.1) is 0 Å². The second-order valence-electron chi connectivity index (χ2n) is 9.57. The summed E-state index contributed by atoms with van der Waals surface area (Å²) in [7, 11) is 0. The van der Waals surface area contributed by atoms with Crippen molar-refractivity contribution in [2.24, 2.45) is 5.92 Å². The molecule has 0 aromatic heterocycles. The van der Waals surface area contributed by atoms with E-state index in [9.17, 15) is 0 Å². The molecule has 0 radical (unpaired) electrons. The predicted octanol–water partition coefficient (Wildman–Crippen LogP) is 10.0. The minimum atomic E-state index is 0.750. The number of benzene rings is 2. The third-order valence-electron chi connectivity index (χ3n) is 6.80. The maximum atomic E-state index is 4.41. The number of hydrogen-bond acceptors (Lipinski definition) is 0. The smallest absolute Gasteiger partial charge is 0.00197 e. The molecule has 1 unspecified atom stereocenters. The van der Waals surface area contributed by atoms with Crippen molar-refractivity contribution in [3.05, 3.63) is 109 Å². The minimum absolute atomic E-state index is 0.750. The van der Waals surface area contributed by atoms with Crippen LogP contribution in [0.2, 0.25) is 0 Å². The predicted molar refractivity (Wildman–Crippen MR) is 149 cm³/mol. The Morgan fingerprint density at radius 2 is 1.55 bits per heavy atom. The number of hydrogen-bond donors (Lipinski definition) is 0. The molecular weight excluding hydrogens is 396 g/mol. The lowest BCUT2D eigenvalue weighted by atomic mass is 9.90. The molecule has 0 saturated heterocycles. The van der Waals surface area contributed by atoms with Gasteiger partial charge in [0.15, 0.2) is 0 Å². The third-order valence-corrected chi connectivity index (χ3v) is 6.80. The van der Waals surface area contributed by atoms with Crippen molar-refractivity contribution in [3.63, 3.8) is 0 Å². The Hall–Kier alpha value is -2.60. The molecule has 0 spiro atoms. The number of unbranched alkanes of at least 4 members (excludes halogenated alkanes) is 3. The maximum Gasteiger partial charge on any atom is -0.00197 e. The van der Waals surface area contributed by atoms with Crippen LogP contribution in [0, 0.1) is 5.92 Å². The first-order chi connectivity index (χ1) is 15.9. The van der Waals surface area contributed by atoms with Crippen molar-refractivity contribution >= 4 is 11.1 Å². The fourth-order valence-electron chi connectivity index (χ4n) is 4.15. The summed E-state index contributed by atoms with van der Waals surface area (Å²) in [5.41, 5.74) is 8.87. The number of aryl methyl sites for hydroxylation is 1. The molecule has 33 heavy (non-hydrogen) atoms. The molecule has 0 heteroatoms. The molecule has 0 aliphatic heterocycles. The number of rotatable bonds is 16. The van der Waals surface area contributed by atoms with Gasteiger partial charge in [0.1, 0.15) is 0 Å². The molecule has 0 N–H and O–H groups in total. The van der Waals surface area contributed by atoms with E-state index in [-0.39, 0.29) is 0 Å². The van der Waals surface area contributed by atoms with Crippen molar-refractivity contribution in [1.29, 1.82) is 0 Å². The lowest BCUT2D eigenvalue weighted by molar-refractivity contribution is 0.525. The third kappa shape index (κ3) is 9.42. The van der Waals surface area contributed by atoms with E-state index >= 15 is 0 Å². The van der Waals surface area contributed by atoms with E-state index in [0.29, 0.717) is 0 Å². The standard InChI is InChI=1S/C33H44/c1-7-26(3)15-11-9-10-12-16-30-21-23-31(24-22-30)29(6)25-32-17-13-14-18-33(32)28(5)20-19-27(4)8-2/h7,13-14,17-18,21-24,27H,1,3,5-6,8-12,15-16,19-20,25H2,2,4H3. The molecular formula is C33H44. The molecule has 0 amide bonds. The summed E-state index contributed by atoms with van der Waals surface area (Å²) in [6.07, 6.45) is 13.5. The fraction of sp³-hybridized carbons (Fsp3) is 0.394. The zero-order valence-electron chi connectivity index (χ0n) is 21.2. The molecule has 2 rings (SSSR count). The van der Waals surface area contributed by atoms with E-state index in [0.717, 1.165) is 37.2 Å². The van der Waals surface area contributed by atoms with Gasteiger partial charge in [-0.3, -0.25) is 0 Å². The molecule has 0 nitrogen and oxygen atoms in total. The SMILES string of the molecule is C=CC(=C)CCCCCCc1ccc(C(=C)Cc2ccccc2C(=C)CCC(C)CC)cc1. The molecule has 0 saturated carbocycles. The van der Waals surface area contributed by atoms with Crippen molar-refractivity contribution in [3.8, 4) is 0 Å². The normalized spacial score (nSPS) is 11.7. The maximum absolute atomic E-state index is 4.41. The Kier molecular flexibility index (Phi) is 11.7. The zero-order chi connectivity index (χ0) is 24.1. The largest absolute Gasteiger partial charge is 0.0988 e. The van der Waals surface area contributed by atoms with Crippen molar-refractivity contribution in [1.82, 2.24) is 0 Å². The van der Waals surface area contributed by atoms with Gasteiger partial charge in [-0.05, 0) is 84.3 Å². The second-order valence-corrected chi connectivity index (χ2v) is 9.57. The summed E-state index contributed by atoms with van der Waals surface area (Å²) in [4.78, 5) is 0. The molecule has 176 valence electrons. The highest BCUT2D eigenvalue weighted by Gasteiger charge is 2.10. The summed E-state index contributed by atoms with van der Waals surface area (Å²) in [5.74, 6) is 0.750. The zero-order valence-corrected chi connectivity index (χ0v) is 21.2. The van der Waals surface area contributed by atoms with E-state index in [1.54, 1.807) is 0 Å². The first kappa shape index (κ1) is 26.7. The van der Waals surface area contributed by atoms with Crippen LogP contribution >= 0.6 is 0 Å². The summed E-state index contributed by atoms with van der Waals surface area (Å²) in [5, 5.41) is 0. The Labute approximate surface area is 203 Å². The van der Waals surface area contributed by atoms with Crippen LogP contribution in [-0.4, -0.2) is 0 Å². The average molecular weight is 441 g/mol. The molecule has 0 heterocycles. The highest BCUT2D eigenvalue weighted by molar-refractivity contribution is 5.72. The van der Waals surface area contributed by atoms with Gasteiger partial charge in [-0.1, -0.05) is 120 Å². The Bertz CT molecular complexity index is 909. The van der Waals surface area contributed by atoms with Crippen LogP contribution in [0.5, 0.6) is 0 Å². The van der Waals surface area contributed by atoms with E-state index in [1.807, 2.05) is 6.08 Å². The average Bonchev–Trinajstić information content (AvgIpc) is 2.84. The van der Waals surface area contributed by atoms with Crippen molar-refractivity contribution < 1.29 is 0 Å². The molecule has 0 aliphatic carbocycles. The van der Waals surface area contributed by atoms with Crippen LogP contribution in [0.4, 0.5) is 0 Å². The van der Waals surface area contributed by atoms with E-state index in [1.165, 1.54) is 71.9 Å². The van der Waals surface area contributed by atoms with Gasteiger partial charge in [-0.15, -0.1) is 0 Å². The van der Waals surface area contributed by atoms with Gasteiger partial charge in [0.25, 0.3) is 0 Å². The first-order valence-electron chi connectivity index (χ1n) is 12.8. The van der Waals surface area contributed by atoms with Crippen molar-refractivity contribution in [2.45, 2.75) is 78.1 Å². The lowest BCUT2D eigenvalue weighted by Crippen LogP contribution is -1.98.